The zero-order valence-electron chi connectivity index (χ0n) is 11.7. The third-order valence-electron chi connectivity index (χ3n) is 3.47. The van der Waals surface area contributed by atoms with Crippen LogP contribution in [-0.2, 0) is 6.54 Å². The van der Waals surface area contributed by atoms with Gasteiger partial charge in [-0.15, -0.1) is 0 Å². The Hall–Kier alpha value is -1.12. The molecule has 0 aliphatic carbocycles. The zero-order chi connectivity index (χ0) is 13.8. The third-order valence-corrected chi connectivity index (χ3v) is 4.19. The molecule has 0 amide bonds. The van der Waals surface area contributed by atoms with Crippen LogP contribution in [0.15, 0.2) is 46.9 Å². The van der Waals surface area contributed by atoms with Gasteiger partial charge >= 0.3 is 0 Å². The van der Waals surface area contributed by atoms with E-state index >= 15 is 0 Å². The molecule has 1 N–H and O–H groups in total. The van der Waals surface area contributed by atoms with Crippen LogP contribution in [0, 0.1) is 13.8 Å². The minimum Gasteiger partial charge on any atom is -0.306 e. The van der Waals surface area contributed by atoms with Crippen molar-refractivity contribution >= 4 is 15.9 Å². The Morgan fingerprint density at radius 2 is 1.84 bits per heavy atom. The van der Waals surface area contributed by atoms with Gasteiger partial charge in [-0.25, -0.2) is 0 Å². The van der Waals surface area contributed by atoms with Gasteiger partial charge in [0, 0.05) is 17.1 Å². The molecule has 0 bridgehead atoms. The van der Waals surface area contributed by atoms with Crippen molar-refractivity contribution in [3.8, 4) is 0 Å². The van der Waals surface area contributed by atoms with Crippen LogP contribution in [0.3, 0.4) is 0 Å². The maximum atomic E-state index is 3.61. The molecule has 0 aromatic heterocycles. The van der Waals surface area contributed by atoms with E-state index in [2.05, 4.69) is 78.4 Å². The van der Waals surface area contributed by atoms with Gasteiger partial charge in [0.2, 0.25) is 0 Å². The monoisotopic (exact) mass is 317 g/mol. The molecular weight excluding hydrogens is 298 g/mol. The van der Waals surface area contributed by atoms with E-state index in [1.807, 2.05) is 6.07 Å². The SMILES string of the molecule is Cc1ccc(CN[C@H](C)c2ccccc2Br)c(C)c1. The van der Waals surface area contributed by atoms with Crippen molar-refractivity contribution in [3.63, 3.8) is 0 Å². The summed E-state index contributed by atoms with van der Waals surface area (Å²) in [5, 5.41) is 3.59. The van der Waals surface area contributed by atoms with Gasteiger partial charge in [-0.1, -0.05) is 57.9 Å². The summed E-state index contributed by atoms with van der Waals surface area (Å²) in [5.74, 6) is 0. The summed E-state index contributed by atoms with van der Waals surface area (Å²) in [4.78, 5) is 0. The first-order chi connectivity index (χ1) is 9.08. The van der Waals surface area contributed by atoms with Gasteiger partial charge in [-0.2, -0.15) is 0 Å². The fourth-order valence-corrected chi connectivity index (χ4v) is 2.87. The van der Waals surface area contributed by atoms with Crippen molar-refractivity contribution in [1.29, 1.82) is 0 Å². The Morgan fingerprint density at radius 3 is 2.53 bits per heavy atom. The highest BCUT2D eigenvalue weighted by Crippen LogP contribution is 2.23. The summed E-state index contributed by atoms with van der Waals surface area (Å²) in [6, 6.07) is 15.3. The lowest BCUT2D eigenvalue weighted by Crippen LogP contribution is -2.19. The van der Waals surface area contributed by atoms with Crippen LogP contribution in [0.1, 0.15) is 35.2 Å². The van der Waals surface area contributed by atoms with E-state index in [9.17, 15) is 0 Å². The van der Waals surface area contributed by atoms with Gasteiger partial charge in [0.15, 0.2) is 0 Å². The van der Waals surface area contributed by atoms with Gasteiger partial charge in [-0.3, -0.25) is 0 Å². The van der Waals surface area contributed by atoms with E-state index in [0.29, 0.717) is 6.04 Å². The topological polar surface area (TPSA) is 12.0 Å². The predicted molar refractivity (Wildman–Crippen MR) is 85.3 cm³/mol. The first kappa shape index (κ1) is 14.3. The van der Waals surface area contributed by atoms with Crippen molar-refractivity contribution in [3.05, 3.63) is 69.2 Å². The first-order valence-electron chi connectivity index (χ1n) is 6.62. The molecule has 1 atom stereocenters. The van der Waals surface area contributed by atoms with Crippen LogP contribution in [0.25, 0.3) is 0 Å². The molecule has 2 aromatic carbocycles. The molecule has 19 heavy (non-hydrogen) atoms. The van der Waals surface area contributed by atoms with Gasteiger partial charge < -0.3 is 5.32 Å². The van der Waals surface area contributed by atoms with Crippen LogP contribution in [0.5, 0.6) is 0 Å². The number of hydrogen-bond acceptors (Lipinski definition) is 1. The van der Waals surface area contributed by atoms with Gasteiger partial charge in [-0.05, 0) is 43.5 Å². The van der Waals surface area contributed by atoms with E-state index in [1.165, 1.54) is 22.3 Å². The van der Waals surface area contributed by atoms with Crippen LogP contribution in [-0.4, -0.2) is 0 Å². The smallest absolute Gasteiger partial charge is 0.0306 e. The Balaban J connectivity index is 2.04. The predicted octanol–water partition coefficient (Wildman–Crippen LogP) is 4.92. The van der Waals surface area contributed by atoms with E-state index in [1.54, 1.807) is 0 Å². The number of halogens is 1. The average molecular weight is 318 g/mol. The normalized spacial score (nSPS) is 12.4. The van der Waals surface area contributed by atoms with Gasteiger partial charge in [0.05, 0.1) is 0 Å². The summed E-state index contributed by atoms with van der Waals surface area (Å²) < 4.78 is 1.16. The van der Waals surface area contributed by atoms with E-state index in [0.717, 1.165) is 11.0 Å². The molecule has 0 fully saturated rings. The molecule has 0 saturated heterocycles. The van der Waals surface area contributed by atoms with Crippen molar-refractivity contribution in [2.45, 2.75) is 33.4 Å². The molecule has 2 aromatic rings. The summed E-state index contributed by atoms with van der Waals surface area (Å²) in [7, 11) is 0. The lowest BCUT2D eigenvalue weighted by molar-refractivity contribution is 0.571. The van der Waals surface area contributed by atoms with Crippen LogP contribution < -0.4 is 5.32 Å². The standard InChI is InChI=1S/C17H20BrN/c1-12-8-9-15(13(2)10-12)11-19-14(3)16-6-4-5-7-17(16)18/h4-10,14,19H,11H2,1-3H3/t14-/m1/s1. The molecule has 100 valence electrons. The minimum atomic E-state index is 0.330. The maximum absolute atomic E-state index is 3.61. The summed E-state index contributed by atoms with van der Waals surface area (Å²) in [5.41, 5.74) is 5.34. The Morgan fingerprint density at radius 1 is 1.11 bits per heavy atom. The lowest BCUT2D eigenvalue weighted by atomic mass is 10.0. The molecule has 0 spiro atoms. The Labute approximate surface area is 124 Å². The third kappa shape index (κ3) is 3.68. The van der Waals surface area contributed by atoms with E-state index in [4.69, 9.17) is 0 Å². The van der Waals surface area contributed by atoms with Crippen LogP contribution in [0.2, 0.25) is 0 Å². The van der Waals surface area contributed by atoms with Gasteiger partial charge in [0.1, 0.15) is 0 Å². The molecular formula is C17H20BrN. The highest BCUT2D eigenvalue weighted by atomic mass is 79.9. The summed E-state index contributed by atoms with van der Waals surface area (Å²) in [6.45, 7) is 7.40. The average Bonchev–Trinajstić information content (AvgIpc) is 2.38. The second-order valence-electron chi connectivity index (χ2n) is 5.05. The molecule has 1 nitrogen and oxygen atoms in total. The van der Waals surface area contributed by atoms with Crippen LogP contribution in [0.4, 0.5) is 0 Å². The van der Waals surface area contributed by atoms with Crippen molar-refractivity contribution in [1.82, 2.24) is 5.32 Å². The van der Waals surface area contributed by atoms with Crippen molar-refractivity contribution in [2.24, 2.45) is 0 Å². The summed E-state index contributed by atoms with van der Waals surface area (Å²) in [6.07, 6.45) is 0. The van der Waals surface area contributed by atoms with E-state index in [-0.39, 0.29) is 0 Å². The number of nitrogens with one attached hydrogen (secondary N) is 1. The van der Waals surface area contributed by atoms with Crippen LogP contribution >= 0.6 is 15.9 Å². The largest absolute Gasteiger partial charge is 0.306 e. The minimum absolute atomic E-state index is 0.330. The maximum Gasteiger partial charge on any atom is 0.0306 e. The number of aryl methyl sites for hydroxylation is 2. The highest BCUT2D eigenvalue weighted by Gasteiger charge is 2.08. The van der Waals surface area contributed by atoms with Crippen molar-refractivity contribution in [2.75, 3.05) is 0 Å². The first-order valence-corrected chi connectivity index (χ1v) is 7.41. The molecule has 2 rings (SSSR count). The molecule has 0 saturated carbocycles. The molecule has 0 aliphatic rings. The lowest BCUT2D eigenvalue weighted by Gasteiger charge is -2.17. The number of benzene rings is 2. The second kappa shape index (κ2) is 6.36. The molecule has 0 radical (unpaired) electrons. The molecule has 0 aliphatic heterocycles. The quantitative estimate of drug-likeness (QED) is 0.844. The van der Waals surface area contributed by atoms with Crippen molar-refractivity contribution < 1.29 is 0 Å². The second-order valence-corrected chi connectivity index (χ2v) is 5.91. The number of hydrogen-bond donors (Lipinski definition) is 1. The van der Waals surface area contributed by atoms with E-state index < -0.39 is 0 Å². The highest BCUT2D eigenvalue weighted by molar-refractivity contribution is 9.10. The van der Waals surface area contributed by atoms with Gasteiger partial charge in [0.25, 0.3) is 0 Å². The fourth-order valence-electron chi connectivity index (χ4n) is 2.24. The number of rotatable bonds is 4. The molecule has 0 unspecified atom stereocenters. The zero-order valence-corrected chi connectivity index (χ0v) is 13.3. The summed E-state index contributed by atoms with van der Waals surface area (Å²) >= 11 is 3.61. The Kier molecular flexibility index (Phi) is 4.78. The Bertz CT molecular complexity index is 563. The molecule has 0 heterocycles. The fraction of sp³-hybridized carbons (Fsp3) is 0.294. The molecule has 2 heteroatoms.